The minimum atomic E-state index is -1.82. The van der Waals surface area contributed by atoms with Gasteiger partial charge in [0.2, 0.25) is 5.91 Å². The van der Waals surface area contributed by atoms with Gasteiger partial charge in [-0.2, -0.15) is 0 Å². The molecule has 2 rings (SSSR count). The first kappa shape index (κ1) is 20.2. The molecule has 0 bridgehead atoms. The summed E-state index contributed by atoms with van der Waals surface area (Å²) in [6.45, 7) is 15.5. The van der Waals surface area contributed by atoms with Crippen molar-refractivity contribution in [1.29, 1.82) is 0 Å². The van der Waals surface area contributed by atoms with Gasteiger partial charge in [-0.1, -0.05) is 59.7 Å². The summed E-state index contributed by atoms with van der Waals surface area (Å²) in [5.74, 6) is 0.253. The van der Waals surface area contributed by atoms with Crippen LogP contribution in [0.3, 0.4) is 0 Å². The van der Waals surface area contributed by atoms with Gasteiger partial charge in [-0.15, -0.1) is 0 Å². The first-order valence-corrected chi connectivity index (χ1v) is 12.0. The van der Waals surface area contributed by atoms with E-state index in [0.717, 1.165) is 31.7 Å². The van der Waals surface area contributed by atoms with E-state index in [1.807, 2.05) is 11.0 Å². The summed E-state index contributed by atoms with van der Waals surface area (Å²) in [5, 5.41) is 0. The molecule has 0 aromatic heterocycles. The van der Waals surface area contributed by atoms with E-state index >= 15 is 0 Å². The highest BCUT2D eigenvalue weighted by Gasteiger charge is 2.44. The fourth-order valence-electron chi connectivity index (χ4n) is 4.73. The normalized spacial score (nSPS) is 15.9. The van der Waals surface area contributed by atoms with Crippen LogP contribution in [-0.2, 0) is 15.6 Å². The molecule has 0 N–H and O–H groups in total. The van der Waals surface area contributed by atoms with Gasteiger partial charge in [0.1, 0.15) is 0 Å². The van der Waals surface area contributed by atoms with Gasteiger partial charge >= 0.3 is 0 Å². The van der Waals surface area contributed by atoms with E-state index in [0.29, 0.717) is 23.0 Å². The highest BCUT2D eigenvalue weighted by molar-refractivity contribution is 6.77. The summed E-state index contributed by atoms with van der Waals surface area (Å²) in [6, 6.07) is 8.32. The lowest BCUT2D eigenvalue weighted by molar-refractivity contribution is -0.117. The molecule has 3 nitrogen and oxygen atoms in total. The van der Waals surface area contributed by atoms with Gasteiger partial charge in [0.05, 0.1) is 0 Å². The molecular weight excluding hydrogens is 326 g/mol. The van der Waals surface area contributed by atoms with Crippen LogP contribution in [0.2, 0.25) is 16.6 Å². The Morgan fingerprint density at radius 3 is 2.16 bits per heavy atom. The number of hydrogen-bond donors (Lipinski definition) is 0. The topological polar surface area (TPSA) is 29.5 Å². The van der Waals surface area contributed by atoms with Gasteiger partial charge in [-0.3, -0.25) is 4.79 Å². The van der Waals surface area contributed by atoms with E-state index in [1.165, 1.54) is 5.56 Å². The van der Waals surface area contributed by atoms with Crippen molar-refractivity contribution in [2.24, 2.45) is 0 Å². The molecule has 1 aliphatic rings. The summed E-state index contributed by atoms with van der Waals surface area (Å²) in [5.41, 5.74) is 4.12. The van der Waals surface area contributed by atoms with Crippen LogP contribution >= 0.6 is 0 Å². The zero-order valence-corrected chi connectivity index (χ0v) is 17.8. The summed E-state index contributed by atoms with van der Waals surface area (Å²) < 4.78 is 6.70. The Balaban J connectivity index is 2.12. The molecule has 0 unspecified atom stereocenters. The quantitative estimate of drug-likeness (QED) is 0.568. The number of hydrogen-bond acceptors (Lipinski definition) is 2. The zero-order valence-electron chi connectivity index (χ0n) is 16.8. The molecule has 1 heterocycles. The third kappa shape index (κ3) is 4.17. The predicted octanol–water partition coefficient (Wildman–Crippen LogP) is 5.55. The molecule has 1 amide bonds. The van der Waals surface area contributed by atoms with Crippen molar-refractivity contribution in [3.8, 4) is 0 Å². The van der Waals surface area contributed by atoms with Crippen LogP contribution in [0.1, 0.15) is 59.9 Å². The van der Waals surface area contributed by atoms with Gasteiger partial charge in [0, 0.05) is 25.3 Å². The fraction of sp³-hybridized carbons (Fsp3) is 0.667. The summed E-state index contributed by atoms with van der Waals surface area (Å²) in [6.07, 6.45) is 2.52. The third-order valence-corrected chi connectivity index (χ3v) is 11.9. The molecular formula is C21H35NO2Si. The van der Waals surface area contributed by atoms with Crippen LogP contribution < -0.4 is 4.90 Å². The summed E-state index contributed by atoms with van der Waals surface area (Å²) in [4.78, 5) is 14.1. The molecule has 4 heteroatoms. The van der Waals surface area contributed by atoms with Crippen molar-refractivity contribution >= 4 is 19.9 Å². The highest BCUT2D eigenvalue weighted by Crippen LogP contribution is 2.42. The molecule has 1 aromatic carbocycles. The molecule has 1 fully saturated rings. The first-order chi connectivity index (χ1) is 11.8. The van der Waals surface area contributed by atoms with Crippen LogP contribution in [-0.4, -0.2) is 27.4 Å². The Morgan fingerprint density at radius 1 is 1.04 bits per heavy atom. The third-order valence-electron chi connectivity index (χ3n) is 5.79. The van der Waals surface area contributed by atoms with Crippen molar-refractivity contribution in [3.05, 3.63) is 29.8 Å². The number of carbonyl (C=O) groups is 1. The standard InChI is InChI=1S/C21H35NO2Si/c1-16(2)25(17(3)4,18(5)6)24-15-13-19-10-7-8-11-20(19)22-14-9-12-21(22)23/h7-8,10-11,16-18H,9,12-15H2,1-6H3. The number of carbonyl (C=O) groups excluding carboxylic acids is 1. The largest absolute Gasteiger partial charge is 0.416 e. The van der Waals surface area contributed by atoms with Crippen molar-refractivity contribution in [1.82, 2.24) is 0 Å². The van der Waals surface area contributed by atoms with Crippen molar-refractivity contribution < 1.29 is 9.22 Å². The Kier molecular flexibility index (Phi) is 6.86. The SMILES string of the molecule is CC(C)[Si](OCCc1ccccc1N1CCCC1=O)(C(C)C)C(C)C. The minimum absolute atomic E-state index is 0.253. The molecule has 1 aliphatic heterocycles. The fourth-order valence-corrected chi connectivity index (χ4v) is 10.2. The maximum Gasteiger partial charge on any atom is 0.227 e. The highest BCUT2D eigenvalue weighted by atomic mass is 28.4. The Morgan fingerprint density at radius 2 is 1.64 bits per heavy atom. The number of rotatable bonds is 8. The number of para-hydroxylation sites is 1. The number of nitrogens with zero attached hydrogens (tertiary/aromatic N) is 1. The molecule has 25 heavy (non-hydrogen) atoms. The van der Waals surface area contributed by atoms with Crippen LogP contribution in [0.25, 0.3) is 0 Å². The monoisotopic (exact) mass is 361 g/mol. The van der Waals surface area contributed by atoms with Crippen molar-refractivity contribution in [3.63, 3.8) is 0 Å². The first-order valence-electron chi connectivity index (χ1n) is 9.82. The van der Waals surface area contributed by atoms with E-state index < -0.39 is 8.32 Å². The van der Waals surface area contributed by atoms with Gasteiger partial charge in [0.25, 0.3) is 0 Å². The number of amides is 1. The van der Waals surface area contributed by atoms with E-state index in [2.05, 4.69) is 59.7 Å². The smallest absolute Gasteiger partial charge is 0.227 e. The predicted molar refractivity (Wildman–Crippen MR) is 109 cm³/mol. The molecule has 0 saturated carbocycles. The Labute approximate surface area is 154 Å². The van der Waals surface area contributed by atoms with Gasteiger partial charge in [0.15, 0.2) is 8.32 Å². The zero-order chi connectivity index (χ0) is 18.6. The Hall–Kier alpha value is -1.13. The van der Waals surface area contributed by atoms with E-state index in [9.17, 15) is 4.79 Å². The van der Waals surface area contributed by atoms with E-state index in [-0.39, 0.29) is 5.91 Å². The van der Waals surface area contributed by atoms with Crippen molar-refractivity contribution in [2.75, 3.05) is 18.1 Å². The van der Waals surface area contributed by atoms with E-state index in [4.69, 9.17) is 4.43 Å². The van der Waals surface area contributed by atoms with Crippen LogP contribution in [0.5, 0.6) is 0 Å². The Bertz CT molecular complexity index is 561. The molecule has 140 valence electrons. The second-order valence-corrected chi connectivity index (χ2v) is 13.7. The summed E-state index contributed by atoms with van der Waals surface area (Å²) >= 11 is 0. The average Bonchev–Trinajstić information content (AvgIpc) is 2.96. The molecule has 1 saturated heterocycles. The molecule has 1 aromatic rings. The maximum absolute atomic E-state index is 12.1. The lowest BCUT2D eigenvalue weighted by Crippen LogP contribution is -2.48. The van der Waals surface area contributed by atoms with Crippen LogP contribution in [0, 0.1) is 0 Å². The van der Waals surface area contributed by atoms with Gasteiger partial charge in [-0.25, -0.2) is 0 Å². The number of anilines is 1. The lowest BCUT2D eigenvalue weighted by Gasteiger charge is -2.42. The molecule has 0 atom stereocenters. The molecule has 0 radical (unpaired) electrons. The maximum atomic E-state index is 12.1. The number of benzene rings is 1. The lowest BCUT2D eigenvalue weighted by atomic mass is 10.1. The van der Waals surface area contributed by atoms with Crippen LogP contribution in [0.15, 0.2) is 24.3 Å². The molecule has 0 aliphatic carbocycles. The average molecular weight is 362 g/mol. The van der Waals surface area contributed by atoms with Crippen molar-refractivity contribution in [2.45, 2.75) is 77.4 Å². The molecule has 0 spiro atoms. The second kappa shape index (κ2) is 8.50. The van der Waals surface area contributed by atoms with Crippen LogP contribution in [0.4, 0.5) is 5.69 Å². The second-order valence-electron chi connectivity index (χ2n) is 8.19. The summed E-state index contributed by atoms with van der Waals surface area (Å²) in [7, 11) is -1.82. The van der Waals surface area contributed by atoms with Gasteiger partial charge < -0.3 is 9.33 Å². The van der Waals surface area contributed by atoms with E-state index in [1.54, 1.807) is 0 Å². The minimum Gasteiger partial charge on any atom is -0.416 e. The van der Waals surface area contributed by atoms with Gasteiger partial charge in [-0.05, 0) is 41.1 Å².